The van der Waals surface area contributed by atoms with Gasteiger partial charge in [-0.15, -0.1) is 0 Å². The van der Waals surface area contributed by atoms with Crippen LogP contribution in [-0.4, -0.2) is 38.6 Å². The maximum Gasteiger partial charge on any atom is 0.339 e. The second kappa shape index (κ2) is 10.6. The fraction of sp³-hybridized carbons (Fsp3) is 0.391. The first-order valence-electron chi connectivity index (χ1n) is 10.2. The highest BCUT2D eigenvalue weighted by Crippen LogP contribution is 2.28. The largest absolute Gasteiger partial charge is 0.466 e. The van der Waals surface area contributed by atoms with E-state index in [1.165, 1.54) is 36.4 Å². The van der Waals surface area contributed by atoms with Gasteiger partial charge in [-0.25, -0.2) is 0 Å². The van der Waals surface area contributed by atoms with Gasteiger partial charge in [0.05, 0.1) is 18.9 Å². The summed E-state index contributed by atoms with van der Waals surface area (Å²) in [7, 11) is -4.00. The monoisotopic (exact) mass is 463 g/mol. The summed E-state index contributed by atoms with van der Waals surface area (Å²) in [6.07, 6.45) is -0.182. The molecule has 0 aromatic heterocycles. The van der Waals surface area contributed by atoms with Gasteiger partial charge in [0.2, 0.25) is 0 Å². The second-order valence-corrected chi connectivity index (χ2v) is 9.65. The van der Waals surface area contributed by atoms with E-state index in [9.17, 15) is 18.0 Å². The number of nitrogens with two attached hydrogens (primary N) is 1. The second-order valence-electron chi connectivity index (χ2n) is 8.10. The summed E-state index contributed by atoms with van der Waals surface area (Å²) in [5.41, 5.74) is 5.89. The molecule has 0 radical (unpaired) electrons. The SMILES string of the molecule is CCOC(=O)CC(N)C(C(=O)OC(C)(C)C)c1ccc(OS(=O)(=O)c2ccccc2)cc1. The van der Waals surface area contributed by atoms with E-state index >= 15 is 0 Å². The van der Waals surface area contributed by atoms with Crippen molar-refractivity contribution in [1.82, 2.24) is 0 Å². The molecular formula is C23H29NO7S. The van der Waals surface area contributed by atoms with E-state index in [0.717, 1.165) is 0 Å². The van der Waals surface area contributed by atoms with E-state index < -0.39 is 39.6 Å². The number of ether oxygens (including phenoxy) is 2. The van der Waals surface area contributed by atoms with Gasteiger partial charge in [-0.05, 0) is 57.5 Å². The highest BCUT2D eigenvalue weighted by atomic mass is 32.2. The van der Waals surface area contributed by atoms with Crippen molar-refractivity contribution in [2.24, 2.45) is 5.73 Å². The van der Waals surface area contributed by atoms with Crippen LogP contribution in [0, 0.1) is 0 Å². The van der Waals surface area contributed by atoms with Gasteiger partial charge < -0.3 is 19.4 Å². The zero-order valence-corrected chi connectivity index (χ0v) is 19.4. The van der Waals surface area contributed by atoms with Gasteiger partial charge in [-0.3, -0.25) is 9.59 Å². The lowest BCUT2D eigenvalue weighted by molar-refractivity contribution is -0.157. The molecule has 0 bridgehead atoms. The normalized spacial score (nSPS) is 13.7. The summed E-state index contributed by atoms with van der Waals surface area (Å²) >= 11 is 0. The molecular weight excluding hydrogens is 434 g/mol. The molecule has 0 aliphatic carbocycles. The van der Waals surface area contributed by atoms with E-state index in [1.54, 1.807) is 45.9 Å². The molecule has 174 valence electrons. The molecule has 9 heteroatoms. The van der Waals surface area contributed by atoms with Crippen LogP contribution >= 0.6 is 0 Å². The van der Waals surface area contributed by atoms with Gasteiger partial charge >= 0.3 is 22.1 Å². The Morgan fingerprint density at radius 1 is 1.00 bits per heavy atom. The molecule has 0 saturated heterocycles. The molecule has 0 heterocycles. The van der Waals surface area contributed by atoms with Crippen LogP contribution in [0.3, 0.4) is 0 Å². The third kappa shape index (κ3) is 7.35. The zero-order valence-electron chi connectivity index (χ0n) is 18.6. The summed E-state index contributed by atoms with van der Waals surface area (Å²) in [4.78, 5) is 24.8. The van der Waals surface area contributed by atoms with Crippen molar-refractivity contribution in [1.29, 1.82) is 0 Å². The lowest BCUT2D eigenvalue weighted by Crippen LogP contribution is -2.39. The molecule has 2 aromatic rings. The Balaban J connectivity index is 2.27. The van der Waals surface area contributed by atoms with E-state index in [2.05, 4.69) is 0 Å². The number of benzene rings is 2. The quantitative estimate of drug-likeness (QED) is 0.444. The van der Waals surface area contributed by atoms with Gasteiger partial charge in [0.1, 0.15) is 16.2 Å². The van der Waals surface area contributed by atoms with Crippen molar-refractivity contribution in [3.8, 4) is 5.75 Å². The first-order valence-corrected chi connectivity index (χ1v) is 11.6. The van der Waals surface area contributed by atoms with Gasteiger partial charge in [0, 0.05) is 6.04 Å². The molecule has 32 heavy (non-hydrogen) atoms. The Bertz CT molecular complexity index is 1010. The third-order valence-electron chi connectivity index (χ3n) is 4.27. The Labute approximate surface area is 188 Å². The van der Waals surface area contributed by atoms with E-state index in [4.69, 9.17) is 19.4 Å². The zero-order chi connectivity index (χ0) is 23.9. The van der Waals surface area contributed by atoms with Crippen molar-refractivity contribution in [2.45, 2.75) is 56.6 Å². The van der Waals surface area contributed by atoms with Crippen LogP contribution < -0.4 is 9.92 Å². The fourth-order valence-corrected chi connectivity index (χ4v) is 3.90. The van der Waals surface area contributed by atoms with Crippen molar-refractivity contribution in [2.75, 3.05) is 6.61 Å². The van der Waals surface area contributed by atoms with Crippen LogP contribution in [0.2, 0.25) is 0 Å². The van der Waals surface area contributed by atoms with Gasteiger partial charge in [-0.1, -0.05) is 30.3 Å². The van der Waals surface area contributed by atoms with Crippen molar-refractivity contribution in [3.63, 3.8) is 0 Å². The van der Waals surface area contributed by atoms with Crippen LogP contribution in [0.15, 0.2) is 59.5 Å². The molecule has 0 amide bonds. The molecule has 2 rings (SSSR count). The highest BCUT2D eigenvalue weighted by molar-refractivity contribution is 7.87. The van der Waals surface area contributed by atoms with E-state index in [-0.39, 0.29) is 23.7 Å². The maximum absolute atomic E-state index is 12.9. The van der Waals surface area contributed by atoms with Crippen LogP contribution in [-0.2, 0) is 29.2 Å². The smallest absolute Gasteiger partial charge is 0.339 e. The van der Waals surface area contributed by atoms with Gasteiger partial charge in [-0.2, -0.15) is 8.42 Å². The molecule has 2 aromatic carbocycles. The van der Waals surface area contributed by atoms with Crippen LogP contribution in [0.1, 0.15) is 45.6 Å². The minimum Gasteiger partial charge on any atom is -0.466 e. The molecule has 8 nitrogen and oxygen atoms in total. The summed E-state index contributed by atoms with van der Waals surface area (Å²) in [5, 5.41) is 0. The lowest BCUT2D eigenvalue weighted by Gasteiger charge is -2.27. The predicted octanol–water partition coefficient (Wildman–Crippen LogP) is 3.16. The summed E-state index contributed by atoms with van der Waals surface area (Å²) < 4.78 is 40.4. The average Bonchev–Trinajstić information content (AvgIpc) is 2.68. The lowest BCUT2D eigenvalue weighted by atomic mass is 9.89. The minimum atomic E-state index is -4.00. The van der Waals surface area contributed by atoms with Crippen molar-refractivity contribution in [3.05, 3.63) is 60.2 Å². The van der Waals surface area contributed by atoms with Crippen molar-refractivity contribution < 1.29 is 31.7 Å². The first-order chi connectivity index (χ1) is 14.9. The molecule has 0 aliphatic heterocycles. The van der Waals surface area contributed by atoms with Crippen LogP contribution in [0.25, 0.3) is 0 Å². The van der Waals surface area contributed by atoms with E-state index in [1.807, 2.05) is 0 Å². The summed E-state index contributed by atoms with van der Waals surface area (Å²) in [6.45, 7) is 7.06. The standard InChI is InChI=1S/C23H29NO7S/c1-5-29-20(25)15-19(24)21(22(26)30-23(2,3)4)16-11-13-17(14-12-16)31-32(27,28)18-9-7-6-8-10-18/h6-14,19,21H,5,15,24H2,1-4H3. The predicted molar refractivity (Wildman–Crippen MR) is 119 cm³/mol. The minimum absolute atomic E-state index is 0.0205. The Morgan fingerprint density at radius 3 is 2.12 bits per heavy atom. The van der Waals surface area contributed by atoms with Crippen molar-refractivity contribution >= 4 is 22.1 Å². The highest BCUT2D eigenvalue weighted by Gasteiger charge is 2.33. The van der Waals surface area contributed by atoms with Crippen LogP contribution in [0.5, 0.6) is 5.75 Å². The Hall–Kier alpha value is -2.91. The molecule has 0 saturated carbocycles. The van der Waals surface area contributed by atoms with Crippen LogP contribution in [0.4, 0.5) is 0 Å². The number of carbonyl (C=O) groups is 2. The number of carbonyl (C=O) groups excluding carboxylic acids is 2. The molecule has 2 unspecified atom stereocenters. The Kier molecular flexibility index (Phi) is 8.40. The van der Waals surface area contributed by atoms with Gasteiger partial charge in [0.25, 0.3) is 0 Å². The maximum atomic E-state index is 12.9. The topological polar surface area (TPSA) is 122 Å². The molecule has 0 spiro atoms. The summed E-state index contributed by atoms with van der Waals surface area (Å²) in [5.74, 6) is -2.01. The number of rotatable bonds is 9. The molecule has 0 aliphatic rings. The Morgan fingerprint density at radius 2 is 1.59 bits per heavy atom. The number of esters is 2. The van der Waals surface area contributed by atoms with Gasteiger partial charge in [0.15, 0.2) is 0 Å². The average molecular weight is 464 g/mol. The number of hydrogen-bond donors (Lipinski definition) is 1. The molecule has 0 fully saturated rings. The molecule has 2 N–H and O–H groups in total. The summed E-state index contributed by atoms with van der Waals surface area (Å²) in [6, 6.07) is 12.7. The first kappa shape index (κ1) is 25.4. The fourth-order valence-electron chi connectivity index (χ4n) is 2.95. The number of hydrogen-bond acceptors (Lipinski definition) is 8. The third-order valence-corrected chi connectivity index (χ3v) is 5.53. The van der Waals surface area contributed by atoms with E-state index in [0.29, 0.717) is 5.56 Å². The molecule has 2 atom stereocenters.